The predicted molar refractivity (Wildman–Crippen MR) is 55.5 cm³/mol. The Morgan fingerprint density at radius 3 is 2.57 bits per heavy atom. The van der Waals surface area contributed by atoms with Gasteiger partial charge in [-0.1, -0.05) is 0 Å². The van der Waals surface area contributed by atoms with Crippen LogP contribution < -0.4 is 0 Å². The van der Waals surface area contributed by atoms with Crippen molar-refractivity contribution in [3.63, 3.8) is 0 Å². The molecule has 4 aliphatic heterocycles. The maximum absolute atomic E-state index is 2.82. The van der Waals surface area contributed by atoms with E-state index in [0.717, 1.165) is 25.5 Å². The molecule has 4 aliphatic rings. The minimum absolute atomic E-state index is 0.191. The molecule has 7 heteroatoms. The third-order valence-corrected chi connectivity index (χ3v) is 150. The average Bonchev–Trinajstić information content (AvgIpc) is 2.43. The molecule has 0 nitrogen and oxygen atoms in total. The van der Waals surface area contributed by atoms with E-state index in [-0.39, 0.29) is 5.05 Å². The minimum atomic E-state index is -0.191. The fraction of sp³-hybridized carbons (Fsp3) is 0. The van der Waals surface area contributed by atoms with Gasteiger partial charge < -0.3 is 0 Å². The molecule has 0 aliphatic carbocycles. The van der Waals surface area contributed by atoms with E-state index >= 15 is 0 Å². The molecule has 7 heavy (non-hydrogen) atoms. The first-order valence-corrected chi connectivity index (χ1v) is 19.6. The number of hydrogen-bond acceptors (Lipinski definition) is 0. The molecule has 0 amide bonds. The van der Waals surface area contributed by atoms with Crippen LogP contribution in [-0.2, 0) is 0 Å². The molecule has 36 valence electrons. The molecule has 0 radical (unpaired) electrons. The van der Waals surface area contributed by atoms with Crippen molar-refractivity contribution >= 4 is 60.1 Å². The normalized spacial score (nSPS) is 90.1. The van der Waals surface area contributed by atoms with Gasteiger partial charge in [-0.15, -0.1) is 0 Å². The number of halogens is 1. The second-order valence-electron chi connectivity index (χ2n) is 2.03. The Morgan fingerprint density at radius 1 is 1.71 bits per heavy atom. The van der Waals surface area contributed by atoms with E-state index in [0.29, 0.717) is 0 Å². The molecule has 0 saturated carbocycles. The van der Waals surface area contributed by atoms with Crippen LogP contribution in [0, 0.1) is 0 Å². The molecule has 0 aromatic carbocycles. The van der Waals surface area contributed by atoms with Gasteiger partial charge in [0.15, 0.2) is 0 Å². The van der Waals surface area contributed by atoms with Crippen molar-refractivity contribution in [3.8, 4) is 0 Å². The first-order valence-electron chi connectivity index (χ1n) is 1.97. The molecular weight excluding hydrogens is 313 g/mol. The SMILES string of the molecule is IP1P2P3[P+]4=PP1234. The second kappa shape index (κ2) is 0.864. The van der Waals surface area contributed by atoms with E-state index in [9.17, 15) is 0 Å². The van der Waals surface area contributed by atoms with Crippen LogP contribution in [0.3, 0.4) is 0 Å². The first-order chi connectivity index (χ1) is 3.33. The summed E-state index contributed by atoms with van der Waals surface area (Å²) in [5.74, 6) is 0. The molecule has 3 fully saturated rings. The van der Waals surface area contributed by atoms with Crippen LogP contribution in [0.5, 0.6) is 0 Å². The predicted octanol–water partition coefficient (Wildman–Crippen LogP) is 6.05. The van der Waals surface area contributed by atoms with Crippen molar-refractivity contribution in [1.29, 1.82) is 0 Å². The van der Waals surface area contributed by atoms with E-state index in [1.54, 1.807) is 0 Å². The molecule has 0 aromatic rings. The Kier molecular flexibility index (Phi) is 0.597. The molecular formula is IP6+. The van der Waals surface area contributed by atoms with E-state index in [2.05, 4.69) is 29.6 Å². The van der Waals surface area contributed by atoms with Crippen molar-refractivity contribution in [3.05, 3.63) is 0 Å². The summed E-state index contributed by atoms with van der Waals surface area (Å²) in [7, 11) is 2.13. The van der Waals surface area contributed by atoms with Crippen molar-refractivity contribution in [2.45, 2.75) is 0 Å². The van der Waals surface area contributed by atoms with Crippen LogP contribution >= 0.6 is 60.1 Å². The van der Waals surface area contributed by atoms with E-state index in [1.807, 2.05) is 0 Å². The third-order valence-electron chi connectivity index (χ3n) is 1.84. The fourth-order valence-electron chi connectivity index (χ4n) is 1.14. The number of fused-ring (bicyclic) bond motifs is 2. The van der Waals surface area contributed by atoms with Crippen LogP contribution in [-0.4, -0.2) is 0 Å². The monoisotopic (exact) mass is 313 g/mol. The van der Waals surface area contributed by atoms with Gasteiger partial charge in [0.2, 0.25) is 0 Å². The van der Waals surface area contributed by atoms with Gasteiger partial charge in [0.05, 0.1) is 0 Å². The van der Waals surface area contributed by atoms with Gasteiger partial charge in [-0.2, -0.15) is 0 Å². The second-order valence-corrected chi connectivity index (χ2v) is 59.8. The summed E-state index contributed by atoms with van der Waals surface area (Å²) in [6, 6.07) is 0. The molecule has 0 N–H and O–H groups in total. The Balaban J connectivity index is 2.27. The van der Waals surface area contributed by atoms with Crippen LogP contribution in [0.4, 0.5) is 0 Å². The van der Waals surface area contributed by atoms with Crippen LogP contribution in [0.2, 0.25) is 0 Å². The van der Waals surface area contributed by atoms with Crippen molar-refractivity contribution in [2.24, 2.45) is 0 Å². The molecule has 1 spiro atoms. The topological polar surface area (TPSA) is 0 Å². The Hall–Kier alpha value is 3.05. The maximum atomic E-state index is 2.82. The summed E-state index contributed by atoms with van der Waals surface area (Å²) < 4.78 is 0. The average molecular weight is 313 g/mol. The van der Waals surface area contributed by atoms with Gasteiger partial charge in [-0.05, 0) is 0 Å². The molecule has 3 saturated heterocycles. The summed E-state index contributed by atoms with van der Waals surface area (Å²) >= 11 is 2.82. The van der Waals surface area contributed by atoms with Gasteiger partial charge in [-0.25, -0.2) is 0 Å². The van der Waals surface area contributed by atoms with E-state index < -0.39 is 0 Å². The summed E-state index contributed by atoms with van der Waals surface area (Å²) in [6.45, 7) is 3.04. The molecule has 4 atom stereocenters. The molecule has 4 heterocycles. The van der Waals surface area contributed by atoms with Gasteiger partial charge in [0, 0.05) is 0 Å². The quantitative estimate of drug-likeness (QED) is 0.377. The number of rotatable bonds is 0. The Morgan fingerprint density at radius 2 is 2.57 bits per heavy atom. The Labute approximate surface area is 59.8 Å². The van der Waals surface area contributed by atoms with E-state index in [4.69, 9.17) is 0 Å². The van der Waals surface area contributed by atoms with Gasteiger partial charge >= 0.3 is 60.1 Å². The van der Waals surface area contributed by atoms with Crippen molar-refractivity contribution < 1.29 is 0 Å². The Bertz CT molecular complexity index is 247. The third kappa shape index (κ3) is 0.222. The fourth-order valence-corrected chi connectivity index (χ4v) is 313. The standard InChI is InChI=1S/IP6/c1-3-5-6-4-2-7(3,4,5)6/q+1. The molecule has 0 bridgehead atoms. The van der Waals surface area contributed by atoms with Gasteiger partial charge in [0.25, 0.3) is 0 Å². The summed E-state index contributed by atoms with van der Waals surface area (Å²) in [5, 5.41) is -0.191. The zero-order chi connectivity index (χ0) is 4.46. The van der Waals surface area contributed by atoms with E-state index in [1.165, 1.54) is 0 Å². The number of hydrogen-bond donors (Lipinski definition) is 0. The summed E-state index contributed by atoms with van der Waals surface area (Å²) in [4.78, 5) is 0.860. The summed E-state index contributed by atoms with van der Waals surface area (Å²) in [6.07, 6.45) is 0. The molecule has 0 aromatic heterocycles. The molecule has 4 rings (SSSR count). The zero-order valence-electron chi connectivity index (χ0n) is 3.06. The molecule has 4 unspecified atom stereocenters. The summed E-state index contributed by atoms with van der Waals surface area (Å²) in [5.41, 5.74) is 0. The van der Waals surface area contributed by atoms with Crippen molar-refractivity contribution in [2.75, 3.05) is 0 Å². The zero-order valence-corrected chi connectivity index (χ0v) is 10.6. The van der Waals surface area contributed by atoms with Crippen molar-refractivity contribution in [1.82, 2.24) is 0 Å². The van der Waals surface area contributed by atoms with Crippen LogP contribution in [0.15, 0.2) is 0 Å². The van der Waals surface area contributed by atoms with Crippen LogP contribution in [0.25, 0.3) is 0 Å². The van der Waals surface area contributed by atoms with Gasteiger partial charge in [-0.3, -0.25) is 0 Å². The van der Waals surface area contributed by atoms with Gasteiger partial charge in [0.1, 0.15) is 0 Å². The first kappa shape index (κ1) is 4.83. The van der Waals surface area contributed by atoms with Crippen LogP contribution in [0.1, 0.15) is 0 Å².